The van der Waals surface area contributed by atoms with Gasteiger partial charge >= 0.3 is 0 Å². The summed E-state index contributed by atoms with van der Waals surface area (Å²) in [5.41, 5.74) is 7.50. The van der Waals surface area contributed by atoms with Crippen LogP contribution in [0.1, 0.15) is 66.5 Å². The van der Waals surface area contributed by atoms with Crippen molar-refractivity contribution in [2.75, 3.05) is 7.11 Å². The van der Waals surface area contributed by atoms with E-state index in [0.29, 0.717) is 12.0 Å². The Kier molecular flexibility index (Phi) is 3.67. The van der Waals surface area contributed by atoms with Crippen LogP contribution in [-0.2, 0) is 4.74 Å². The second-order valence-corrected chi connectivity index (χ2v) is 5.80. The molecule has 1 aromatic heterocycles. The first kappa shape index (κ1) is 12.1. The molecule has 1 aliphatic carbocycles. The number of nitrogens with two attached hydrogens (primary N) is 1. The van der Waals surface area contributed by atoms with E-state index in [1.165, 1.54) is 21.7 Å². The highest BCUT2D eigenvalue weighted by Crippen LogP contribution is 2.44. The van der Waals surface area contributed by atoms with Crippen molar-refractivity contribution in [3.05, 3.63) is 21.4 Å². The van der Waals surface area contributed by atoms with E-state index in [1.807, 2.05) is 18.4 Å². The molecule has 3 atom stereocenters. The van der Waals surface area contributed by atoms with Crippen molar-refractivity contribution >= 4 is 11.3 Å². The molecule has 1 heterocycles. The van der Waals surface area contributed by atoms with E-state index in [9.17, 15) is 0 Å². The molecule has 0 fully saturated rings. The molecular formula is C13H21NOS. The quantitative estimate of drug-likeness (QED) is 0.872. The smallest absolute Gasteiger partial charge is 0.0832 e. The summed E-state index contributed by atoms with van der Waals surface area (Å²) < 4.78 is 5.56. The summed E-state index contributed by atoms with van der Waals surface area (Å²) in [5.74, 6) is 0.671. The Hall–Kier alpha value is -0.380. The van der Waals surface area contributed by atoms with Gasteiger partial charge < -0.3 is 10.5 Å². The van der Waals surface area contributed by atoms with E-state index < -0.39 is 0 Å². The van der Waals surface area contributed by atoms with E-state index in [4.69, 9.17) is 10.5 Å². The summed E-state index contributed by atoms with van der Waals surface area (Å²) >= 11 is 1.89. The minimum Gasteiger partial charge on any atom is -0.377 e. The number of methoxy groups -OCH3 is 1. The van der Waals surface area contributed by atoms with Gasteiger partial charge in [-0.05, 0) is 36.8 Å². The third kappa shape index (κ3) is 2.04. The van der Waals surface area contributed by atoms with Crippen LogP contribution in [0.4, 0.5) is 0 Å². The molecule has 0 spiro atoms. The van der Waals surface area contributed by atoms with Crippen molar-refractivity contribution in [2.24, 2.45) is 5.73 Å². The highest BCUT2D eigenvalue weighted by atomic mass is 32.1. The lowest BCUT2D eigenvalue weighted by atomic mass is 9.88. The number of hydrogen-bond acceptors (Lipinski definition) is 3. The van der Waals surface area contributed by atoms with Gasteiger partial charge in [0.05, 0.1) is 6.10 Å². The van der Waals surface area contributed by atoms with Crippen molar-refractivity contribution < 1.29 is 4.74 Å². The van der Waals surface area contributed by atoms with Crippen LogP contribution in [-0.4, -0.2) is 7.11 Å². The maximum absolute atomic E-state index is 6.11. The number of ether oxygens (including phenoxy) is 1. The van der Waals surface area contributed by atoms with Gasteiger partial charge in [-0.1, -0.05) is 13.8 Å². The van der Waals surface area contributed by atoms with E-state index in [0.717, 1.165) is 12.8 Å². The molecule has 0 bridgehead atoms. The minimum atomic E-state index is 0.195. The number of rotatable bonds is 3. The molecule has 2 rings (SSSR count). The standard InChI is InChI=1S/C13H21NOS/c1-4-10(14)12-7-9-11(15-3)6-5-8(2)13(9)16-12/h7-8,10-11H,4-6,14H2,1-3H3. The zero-order chi connectivity index (χ0) is 11.7. The zero-order valence-electron chi connectivity index (χ0n) is 10.3. The molecule has 0 amide bonds. The van der Waals surface area contributed by atoms with Gasteiger partial charge in [-0.25, -0.2) is 0 Å². The van der Waals surface area contributed by atoms with Crippen molar-refractivity contribution in [2.45, 2.75) is 51.2 Å². The predicted octanol–water partition coefficient (Wildman–Crippen LogP) is 3.74. The van der Waals surface area contributed by atoms with Crippen LogP contribution in [0.5, 0.6) is 0 Å². The van der Waals surface area contributed by atoms with Gasteiger partial charge in [-0.2, -0.15) is 0 Å². The predicted molar refractivity (Wildman–Crippen MR) is 68.9 cm³/mol. The molecule has 90 valence electrons. The Morgan fingerprint density at radius 3 is 2.94 bits per heavy atom. The van der Waals surface area contributed by atoms with Gasteiger partial charge in [0, 0.05) is 22.9 Å². The average Bonchev–Trinajstić information content (AvgIpc) is 2.74. The fourth-order valence-corrected chi connectivity index (χ4v) is 3.78. The maximum atomic E-state index is 6.11. The van der Waals surface area contributed by atoms with Crippen molar-refractivity contribution in [1.29, 1.82) is 0 Å². The average molecular weight is 239 g/mol. The molecule has 0 saturated carbocycles. The summed E-state index contributed by atoms with van der Waals surface area (Å²) in [6.45, 7) is 4.45. The lowest BCUT2D eigenvalue weighted by molar-refractivity contribution is 0.0859. The summed E-state index contributed by atoms with van der Waals surface area (Å²) in [5, 5.41) is 0. The van der Waals surface area contributed by atoms with Gasteiger partial charge in [-0.3, -0.25) is 0 Å². The van der Waals surface area contributed by atoms with Crippen LogP contribution in [0.25, 0.3) is 0 Å². The molecule has 0 radical (unpaired) electrons. The van der Waals surface area contributed by atoms with Crippen LogP contribution in [0.2, 0.25) is 0 Å². The van der Waals surface area contributed by atoms with Crippen LogP contribution < -0.4 is 5.73 Å². The Bertz CT molecular complexity index is 361. The van der Waals surface area contributed by atoms with Crippen LogP contribution in [0.3, 0.4) is 0 Å². The summed E-state index contributed by atoms with van der Waals surface area (Å²) in [6.07, 6.45) is 3.67. The molecule has 3 unspecified atom stereocenters. The number of fused-ring (bicyclic) bond motifs is 1. The highest BCUT2D eigenvalue weighted by molar-refractivity contribution is 7.12. The lowest BCUT2D eigenvalue weighted by Crippen LogP contribution is -2.11. The second kappa shape index (κ2) is 4.86. The first-order chi connectivity index (χ1) is 7.67. The van der Waals surface area contributed by atoms with Crippen LogP contribution >= 0.6 is 11.3 Å². The Labute approximate surface area is 102 Å². The fraction of sp³-hybridized carbons (Fsp3) is 0.692. The summed E-state index contributed by atoms with van der Waals surface area (Å²) in [4.78, 5) is 2.82. The van der Waals surface area contributed by atoms with E-state index in [1.54, 1.807) is 0 Å². The Balaban J connectivity index is 2.35. The monoisotopic (exact) mass is 239 g/mol. The third-order valence-corrected chi connectivity index (χ3v) is 5.07. The molecule has 1 aromatic rings. The lowest BCUT2D eigenvalue weighted by Gasteiger charge is -2.25. The molecule has 0 aromatic carbocycles. The number of thiophene rings is 1. The van der Waals surface area contributed by atoms with Crippen molar-refractivity contribution in [3.63, 3.8) is 0 Å². The third-order valence-electron chi connectivity index (χ3n) is 3.56. The summed E-state index contributed by atoms with van der Waals surface area (Å²) in [7, 11) is 1.81. The molecule has 2 nitrogen and oxygen atoms in total. The van der Waals surface area contributed by atoms with Crippen molar-refractivity contribution in [3.8, 4) is 0 Å². The molecule has 3 heteroatoms. The van der Waals surface area contributed by atoms with Gasteiger partial charge in [0.25, 0.3) is 0 Å². The van der Waals surface area contributed by atoms with Crippen molar-refractivity contribution in [1.82, 2.24) is 0 Å². The zero-order valence-corrected chi connectivity index (χ0v) is 11.1. The van der Waals surface area contributed by atoms with Gasteiger partial charge in [0.15, 0.2) is 0 Å². The Morgan fingerprint density at radius 1 is 1.56 bits per heavy atom. The summed E-state index contributed by atoms with van der Waals surface area (Å²) in [6, 6.07) is 2.47. The minimum absolute atomic E-state index is 0.195. The molecule has 16 heavy (non-hydrogen) atoms. The van der Waals surface area contributed by atoms with Gasteiger partial charge in [0.1, 0.15) is 0 Å². The fourth-order valence-electron chi connectivity index (χ4n) is 2.39. The van der Waals surface area contributed by atoms with E-state index >= 15 is 0 Å². The topological polar surface area (TPSA) is 35.2 Å². The Morgan fingerprint density at radius 2 is 2.31 bits per heavy atom. The first-order valence-corrected chi connectivity index (χ1v) is 6.90. The molecule has 1 aliphatic rings. The maximum Gasteiger partial charge on any atom is 0.0832 e. The van der Waals surface area contributed by atoms with E-state index in [2.05, 4.69) is 19.9 Å². The molecular weight excluding hydrogens is 218 g/mol. The van der Waals surface area contributed by atoms with E-state index in [-0.39, 0.29) is 6.04 Å². The second-order valence-electron chi connectivity index (χ2n) is 4.69. The van der Waals surface area contributed by atoms with Crippen LogP contribution in [0, 0.1) is 0 Å². The normalized spacial score (nSPS) is 26.5. The molecule has 0 aliphatic heterocycles. The SMILES string of the molecule is CCC(N)c1cc2c(s1)C(C)CCC2OC. The largest absolute Gasteiger partial charge is 0.377 e. The molecule has 2 N–H and O–H groups in total. The molecule has 0 saturated heterocycles. The number of hydrogen-bond donors (Lipinski definition) is 1. The van der Waals surface area contributed by atoms with Gasteiger partial charge in [-0.15, -0.1) is 11.3 Å². The van der Waals surface area contributed by atoms with Crippen LogP contribution in [0.15, 0.2) is 6.07 Å². The first-order valence-electron chi connectivity index (χ1n) is 6.09. The highest BCUT2D eigenvalue weighted by Gasteiger charge is 2.28. The van der Waals surface area contributed by atoms with Gasteiger partial charge in [0.2, 0.25) is 0 Å².